The number of aldehydes is 1. The number of rotatable bonds is 3. The Kier molecular flexibility index (Phi) is 4.79. The van der Waals surface area contributed by atoms with Crippen molar-refractivity contribution in [1.82, 2.24) is 0 Å². The van der Waals surface area contributed by atoms with Crippen molar-refractivity contribution in [3.8, 4) is 0 Å². The van der Waals surface area contributed by atoms with Crippen LogP contribution in [0.25, 0.3) is 0 Å². The molecule has 1 fully saturated rings. The maximum absolute atomic E-state index is 11.8. The fourth-order valence-electron chi connectivity index (χ4n) is 2.22. The average molecular weight is 484 g/mol. The first-order valence-corrected chi connectivity index (χ1v) is 5.82. The van der Waals surface area contributed by atoms with Crippen molar-refractivity contribution in [3.63, 3.8) is 0 Å². The van der Waals surface area contributed by atoms with Gasteiger partial charge in [0.1, 0.15) is 18.1 Å². The molecule has 1 aliphatic rings. The molecule has 1 aliphatic heterocycles. The molecule has 0 aliphatic carbocycles. The molecule has 0 saturated carbocycles. The zero-order chi connectivity index (χ0) is 13.4. The van der Waals surface area contributed by atoms with E-state index in [2.05, 4.69) is 0 Å². The molecular weight excluding hydrogens is 473 g/mol. The van der Waals surface area contributed by atoms with E-state index in [1.165, 1.54) is 11.2 Å². The molecule has 1 saturated heterocycles. The number of aliphatic hydroxyl groups excluding tert-OH is 1. The number of carbonyl (C=O) groups excluding carboxylic acids is 2. The van der Waals surface area contributed by atoms with E-state index in [-0.39, 0.29) is 50.0 Å². The molecule has 1 radical (unpaired) electrons. The Labute approximate surface area is 151 Å². The number of amides is 1. The van der Waals surface area contributed by atoms with Gasteiger partial charge >= 0.3 is 0 Å². The summed E-state index contributed by atoms with van der Waals surface area (Å²) in [6, 6.07) is 9.50. The number of hydrogen-bond acceptors (Lipinski definition) is 4. The fourth-order valence-corrected chi connectivity index (χ4v) is 2.22. The van der Waals surface area contributed by atoms with Crippen molar-refractivity contribution in [2.45, 2.75) is 12.1 Å². The number of anilines is 1. The van der Waals surface area contributed by atoms with Gasteiger partial charge in [-0.05, 0) is 36.4 Å². The van der Waals surface area contributed by atoms with E-state index < -0.39 is 12.1 Å². The maximum atomic E-state index is 11.8. The molecule has 2 unspecified atom stereocenters. The Morgan fingerprint density at radius 2 is 1.90 bits per heavy atom. The Morgan fingerprint density at radius 3 is 2.45 bits per heavy atom. The summed E-state index contributed by atoms with van der Waals surface area (Å²) in [4.78, 5) is 23.8. The largest absolute Gasteiger partial charge is 0.467 e. The summed E-state index contributed by atoms with van der Waals surface area (Å²) in [5, 5.41) is 9.77. The number of nitrogens with zero attached hydrogens (tertiary/aromatic N) is 1. The van der Waals surface area contributed by atoms with Gasteiger partial charge in [0.25, 0.3) is 5.91 Å². The van der Waals surface area contributed by atoms with E-state index in [4.69, 9.17) is 4.42 Å². The van der Waals surface area contributed by atoms with Crippen LogP contribution >= 0.6 is 0 Å². The van der Waals surface area contributed by atoms with Crippen molar-refractivity contribution in [2.24, 2.45) is 0 Å². The fraction of sp³-hybridized carbons (Fsp3) is 0.143. The molecule has 6 heteroatoms. The van der Waals surface area contributed by atoms with Crippen molar-refractivity contribution in [2.75, 3.05) is 4.90 Å². The molecule has 1 N–H and O–H groups in total. The van der Waals surface area contributed by atoms with Crippen LogP contribution in [0, 0.1) is 44.1 Å². The monoisotopic (exact) mass is 484 g/mol. The van der Waals surface area contributed by atoms with Crippen LogP contribution < -0.4 is 4.90 Å². The molecule has 3 rings (SSSR count). The van der Waals surface area contributed by atoms with Gasteiger partial charge in [-0.2, -0.15) is 0 Å². The zero-order valence-corrected chi connectivity index (χ0v) is 15.2. The van der Waals surface area contributed by atoms with E-state index in [1.54, 1.807) is 36.4 Å². The summed E-state index contributed by atoms with van der Waals surface area (Å²) in [5.41, 5.74) is 1.16. The van der Waals surface area contributed by atoms with Crippen molar-refractivity contribution in [3.05, 3.63) is 54.0 Å². The summed E-state index contributed by atoms with van der Waals surface area (Å²) in [5.74, 6) is 0.159. The SMILES string of the molecule is O=Cc1ccc(N2C(=O)C(O)C2c2ccco2)cc1.[Ac]. The Hall–Kier alpha value is -0.958. The van der Waals surface area contributed by atoms with E-state index in [9.17, 15) is 14.7 Å². The topological polar surface area (TPSA) is 70.8 Å². The first-order chi connectivity index (χ1) is 9.22. The first kappa shape index (κ1) is 15.4. The molecule has 0 bridgehead atoms. The van der Waals surface area contributed by atoms with Gasteiger partial charge in [0.05, 0.1) is 6.26 Å². The molecule has 1 aromatic heterocycles. The second-order valence-electron chi connectivity index (χ2n) is 4.32. The van der Waals surface area contributed by atoms with Crippen LogP contribution in [0.15, 0.2) is 47.1 Å². The molecule has 5 nitrogen and oxygen atoms in total. The molecule has 2 heterocycles. The van der Waals surface area contributed by atoms with Gasteiger partial charge in [0.2, 0.25) is 0 Å². The van der Waals surface area contributed by atoms with Gasteiger partial charge in [-0.3, -0.25) is 14.5 Å². The molecule has 2 atom stereocenters. The molecule has 0 spiro atoms. The standard InChI is InChI=1S/C14H11NO4.Ac/c16-8-9-3-5-10(6-4-9)15-12(13(17)14(15)18)11-2-1-7-19-11;/h1-8,12-13,17H;. The van der Waals surface area contributed by atoms with Crippen molar-refractivity contribution >= 4 is 17.9 Å². The van der Waals surface area contributed by atoms with Crippen LogP contribution in [0.2, 0.25) is 0 Å². The van der Waals surface area contributed by atoms with Crippen LogP contribution in [0.4, 0.5) is 5.69 Å². The summed E-state index contributed by atoms with van der Waals surface area (Å²) in [6.07, 6.45) is 1.15. The third-order valence-electron chi connectivity index (χ3n) is 3.21. The van der Waals surface area contributed by atoms with E-state index in [0.717, 1.165) is 6.29 Å². The predicted molar refractivity (Wildman–Crippen MR) is 66.8 cm³/mol. The number of carbonyl (C=O) groups is 2. The Balaban J connectivity index is 0.00000147. The quantitative estimate of drug-likeness (QED) is 0.531. The van der Waals surface area contributed by atoms with E-state index in [1.807, 2.05) is 0 Å². The number of furan rings is 1. The van der Waals surface area contributed by atoms with Crippen LogP contribution in [0.1, 0.15) is 22.2 Å². The third kappa shape index (κ3) is 2.48. The maximum Gasteiger partial charge on any atom is 0.259 e. The molecule has 1 aromatic carbocycles. The van der Waals surface area contributed by atoms with Gasteiger partial charge in [-0.25, -0.2) is 0 Å². The van der Waals surface area contributed by atoms with Crippen molar-refractivity contribution in [1.29, 1.82) is 0 Å². The first-order valence-electron chi connectivity index (χ1n) is 5.82. The van der Waals surface area contributed by atoms with Gasteiger partial charge in [0.15, 0.2) is 6.10 Å². The molecule has 1 amide bonds. The average Bonchev–Trinajstić information content (AvgIpc) is 2.97. The number of β-lactam (4-membered cyclic amide) rings is 1. The minimum Gasteiger partial charge on any atom is -0.467 e. The second kappa shape index (κ2) is 6.21. The van der Waals surface area contributed by atoms with E-state index >= 15 is 0 Å². The number of hydrogen-bond donors (Lipinski definition) is 1. The van der Waals surface area contributed by atoms with Gasteiger partial charge in [-0.1, -0.05) is 0 Å². The summed E-state index contributed by atoms with van der Waals surface area (Å²) in [7, 11) is 0. The summed E-state index contributed by atoms with van der Waals surface area (Å²) < 4.78 is 5.24. The molecular formula is C14H11AcNO4. The van der Waals surface area contributed by atoms with E-state index in [0.29, 0.717) is 17.0 Å². The van der Waals surface area contributed by atoms with Crippen LogP contribution in [-0.4, -0.2) is 23.4 Å². The normalized spacial score (nSPS) is 21.1. The van der Waals surface area contributed by atoms with Crippen LogP contribution in [0.5, 0.6) is 0 Å². The van der Waals surface area contributed by atoms with Crippen LogP contribution in [0.3, 0.4) is 0 Å². The molecule has 99 valence electrons. The number of benzene rings is 1. The van der Waals surface area contributed by atoms with Crippen LogP contribution in [-0.2, 0) is 4.79 Å². The second-order valence-corrected chi connectivity index (χ2v) is 4.32. The minimum absolute atomic E-state index is 0. The predicted octanol–water partition coefficient (Wildman–Crippen LogP) is 1.54. The van der Waals surface area contributed by atoms with Gasteiger partial charge in [0, 0.05) is 55.3 Å². The Morgan fingerprint density at radius 1 is 1.20 bits per heavy atom. The van der Waals surface area contributed by atoms with Gasteiger partial charge < -0.3 is 9.52 Å². The molecule has 20 heavy (non-hydrogen) atoms. The van der Waals surface area contributed by atoms with Crippen molar-refractivity contribution < 1.29 is 63.2 Å². The third-order valence-corrected chi connectivity index (χ3v) is 3.21. The Bertz CT molecular complexity index is 609. The summed E-state index contributed by atoms with van der Waals surface area (Å²) >= 11 is 0. The van der Waals surface area contributed by atoms with Gasteiger partial charge in [-0.15, -0.1) is 0 Å². The molecule has 2 aromatic rings. The smallest absolute Gasteiger partial charge is 0.259 e. The zero-order valence-electron chi connectivity index (χ0n) is 10.5. The minimum atomic E-state index is -1.09. The summed E-state index contributed by atoms with van der Waals surface area (Å²) in [6.45, 7) is 0. The number of aliphatic hydroxyl groups is 1.